The Hall–Kier alpha value is -1.12. The van der Waals surface area contributed by atoms with Gasteiger partial charge in [0.1, 0.15) is 0 Å². The van der Waals surface area contributed by atoms with E-state index in [9.17, 15) is 0 Å². The lowest BCUT2D eigenvalue weighted by Crippen LogP contribution is -2.40. The van der Waals surface area contributed by atoms with E-state index in [1.165, 1.54) is 11.1 Å². The summed E-state index contributed by atoms with van der Waals surface area (Å²) in [5, 5.41) is 3.61. The van der Waals surface area contributed by atoms with Crippen LogP contribution in [0.1, 0.15) is 45.2 Å². The molecule has 0 saturated carbocycles. The van der Waals surface area contributed by atoms with Gasteiger partial charge in [-0.15, -0.1) is 0 Å². The SMILES string of the molecule is CCOCC1(CC(C)NC(C)C)C=Cc2ccccc21. The largest absolute Gasteiger partial charge is 0.380 e. The zero-order valence-corrected chi connectivity index (χ0v) is 13.1. The smallest absolute Gasteiger partial charge is 0.0598 e. The molecule has 0 amide bonds. The van der Waals surface area contributed by atoms with Crippen molar-refractivity contribution in [2.75, 3.05) is 13.2 Å². The molecule has 1 aliphatic carbocycles. The number of hydrogen-bond acceptors (Lipinski definition) is 2. The molecule has 2 unspecified atom stereocenters. The van der Waals surface area contributed by atoms with Gasteiger partial charge in [0.25, 0.3) is 0 Å². The van der Waals surface area contributed by atoms with E-state index in [0.29, 0.717) is 12.1 Å². The quantitative estimate of drug-likeness (QED) is 0.816. The fraction of sp³-hybridized carbons (Fsp3) is 0.556. The maximum atomic E-state index is 5.80. The van der Waals surface area contributed by atoms with Crippen LogP contribution in [0.5, 0.6) is 0 Å². The molecular formula is C18H27NO. The Balaban J connectivity index is 2.22. The van der Waals surface area contributed by atoms with E-state index in [4.69, 9.17) is 4.74 Å². The number of hydrogen-bond donors (Lipinski definition) is 1. The molecule has 1 aromatic rings. The molecule has 0 heterocycles. The number of benzene rings is 1. The van der Waals surface area contributed by atoms with Crippen LogP contribution < -0.4 is 5.32 Å². The van der Waals surface area contributed by atoms with E-state index in [0.717, 1.165) is 19.6 Å². The molecule has 0 spiro atoms. The average Bonchev–Trinajstić information content (AvgIpc) is 2.75. The Morgan fingerprint density at radius 1 is 1.20 bits per heavy atom. The highest BCUT2D eigenvalue weighted by atomic mass is 16.5. The molecule has 2 atom stereocenters. The van der Waals surface area contributed by atoms with E-state index in [-0.39, 0.29) is 5.41 Å². The van der Waals surface area contributed by atoms with Gasteiger partial charge in [-0.3, -0.25) is 0 Å². The Bertz CT molecular complexity index is 466. The molecule has 0 aromatic heterocycles. The van der Waals surface area contributed by atoms with E-state index in [1.54, 1.807) is 0 Å². The van der Waals surface area contributed by atoms with Crippen molar-refractivity contribution < 1.29 is 4.74 Å². The lowest BCUT2D eigenvalue weighted by Gasteiger charge is -2.33. The van der Waals surface area contributed by atoms with Gasteiger partial charge >= 0.3 is 0 Å². The molecule has 2 nitrogen and oxygen atoms in total. The monoisotopic (exact) mass is 273 g/mol. The molecule has 0 fully saturated rings. The average molecular weight is 273 g/mol. The second-order valence-electron chi connectivity index (χ2n) is 6.14. The third-order valence-electron chi connectivity index (χ3n) is 3.93. The molecule has 0 radical (unpaired) electrons. The maximum Gasteiger partial charge on any atom is 0.0598 e. The molecule has 1 aromatic carbocycles. The van der Waals surface area contributed by atoms with Gasteiger partial charge in [0.2, 0.25) is 0 Å². The molecule has 1 N–H and O–H groups in total. The van der Waals surface area contributed by atoms with Crippen LogP contribution in [-0.2, 0) is 10.2 Å². The van der Waals surface area contributed by atoms with E-state index >= 15 is 0 Å². The van der Waals surface area contributed by atoms with Crippen LogP contribution in [0.3, 0.4) is 0 Å². The Kier molecular flexibility index (Phi) is 5.00. The van der Waals surface area contributed by atoms with Gasteiger partial charge in [0, 0.05) is 24.1 Å². The fourth-order valence-electron chi connectivity index (χ4n) is 3.26. The summed E-state index contributed by atoms with van der Waals surface area (Å²) in [5.74, 6) is 0. The molecule has 2 heteroatoms. The van der Waals surface area contributed by atoms with Gasteiger partial charge in [-0.1, -0.05) is 50.3 Å². The normalized spacial score (nSPS) is 22.2. The highest BCUT2D eigenvalue weighted by Gasteiger charge is 2.36. The molecule has 0 saturated heterocycles. The number of ether oxygens (including phenoxy) is 1. The van der Waals surface area contributed by atoms with Gasteiger partial charge < -0.3 is 10.1 Å². The van der Waals surface area contributed by atoms with Crippen molar-refractivity contribution in [3.63, 3.8) is 0 Å². The first-order valence-corrected chi connectivity index (χ1v) is 7.70. The van der Waals surface area contributed by atoms with Crippen LogP contribution in [-0.4, -0.2) is 25.3 Å². The summed E-state index contributed by atoms with van der Waals surface area (Å²) in [6.07, 6.45) is 5.65. The Labute approximate surface area is 123 Å². The summed E-state index contributed by atoms with van der Waals surface area (Å²) in [5.41, 5.74) is 2.77. The van der Waals surface area contributed by atoms with Crippen molar-refractivity contribution in [3.05, 3.63) is 41.5 Å². The summed E-state index contributed by atoms with van der Waals surface area (Å²) in [4.78, 5) is 0. The zero-order chi connectivity index (χ0) is 14.6. The van der Waals surface area contributed by atoms with Crippen LogP contribution in [0, 0.1) is 0 Å². The maximum absolute atomic E-state index is 5.80. The van der Waals surface area contributed by atoms with Crippen molar-refractivity contribution in [2.24, 2.45) is 0 Å². The second-order valence-corrected chi connectivity index (χ2v) is 6.14. The highest BCUT2D eigenvalue weighted by Crippen LogP contribution is 2.39. The third-order valence-corrected chi connectivity index (χ3v) is 3.93. The first kappa shape index (κ1) is 15.3. The summed E-state index contributed by atoms with van der Waals surface area (Å²) >= 11 is 0. The first-order chi connectivity index (χ1) is 9.57. The van der Waals surface area contributed by atoms with Gasteiger partial charge in [0.05, 0.1) is 6.61 Å². The fourth-order valence-corrected chi connectivity index (χ4v) is 3.26. The van der Waals surface area contributed by atoms with Crippen molar-refractivity contribution in [1.29, 1.82) is 0 Å². The molecular weight excluding hydrogens is 246 g/mol. The molecule has 110 valence electrons. The predicted octanol–water partition coefficient (Wildman–Crippen LogP) is 3.76. The van der Waals surface area contributed by atoms with E-state index in [1.807, 2.05) is 0 Å². The lowest BCUT2D eigenvalue weighted by atomic mass is 9.78. The number of rotatable bonds is 7. The number of fused-ring (bicyclic) bond motifs is 1. The van der Waals surface area contributed by atoms with Crippen molar-refractivity contribution in [2.45, 2.75) is 51.6 Å². The first-order valence-electron chi connectivity index (χ1n) is 7.70. The minimum absolute atomic E-state index is 0.0217. The summed E-state index contributed by atoms with van der Waals surface area (Å²) in [6, 6.07) is 9.65. The van der Waals surface area contributed by atoms with Crippen molar-refractivity contribution in [1.82, 2.24) is 5.32 Å². The highest BCUT2D eigenvalue weighted by molar-refractivity contribution is 5.65. The van der Waals surface area contributed by atoms with Gasteiger partial charge in [0.15, 0.2) is 0 Å². The van der Waals surface area contributed by atoms with Crippen molar-refractivity contribution >= 4 is 6.08 Å². The van der Waals surface area contributed by atoms with Crippen LogP contribution in [0.2, 0.25) is 0 Å². The van der Waals surface area contributed by atoms with Crippen LogP contribution in [0.4, 0.5) is 0 Å². The zero-order valence-electron chi connectivity index (χ0n) is 13.1. The Morgan fingerprint density at radius 3 is 2.65 bits per heavy atom. The summed E-state index contributed by atoms with van der Waals surface area (Å²) in [6.45, 7) is 10.3. The van der Waals surface area contributed by atoms with Crippen LogP contribution in [0.25, 0.3) is 6.08 Å². The molecule has 1 aliphatic rings. The molecule has 0 bridgehead atoms. The second kappa shape index (κ2) is 6.55. The van der Waals surface area contributed by atoms with Crippen LogP contribution >= 0.6 is 0 Å². The van der Waals surface area contributed by atoms with Crippen molar-refractivity contribution in [3.8, 4) is 0 Å². The summed E-state index contributed by atoms with van der Waals surface area (Å²) in [7, 11) is 0. The summed E-state index contributed by atoms with van der Waals surface area (Å²) < 4.78 is 5.80. The predicted molar refractivity (Wildman–Crippen MR) is 86.0 cm³/mol. The minimum Gasteiger partial charge on any atom is -0.380 e. The number of nitrogens with one attached hydrogen (secondary N) is 1. The lowest BCUT2D eigenvalue weighted by molar-refractivity contribution is 0.102. The third kappa shape index (κ3) is 3.31. The van der Waals surface area contributed by atoms with E-state index in [2.05, 4.69) is 69.4 Å². The van der Waals surface area contributed by atoms with E-state index < -0.39 is 0 Å². The standard InChI is InChI=1S/C18H27NO/c1-5-20-13-18(12-15(4)19-14(2)3)11-10-16-8-6-7-9-17(16)18/h6-11,14-15,19H,5,12-13H2,1-4H3. The Morgan fingerprint density at radius 2 is 1.95 bits per heavy atom. The minimum atomic E-state index is 0.0217. The van der Waals surface area contributed by atoms with Gasteiger partial charge in [-0.05, 0) is 31.4 Å². The van der Waals surface area contributed by atoms with Gasteiger partial charge in [-0.2, -0.15) is 0 Å². The topological polar surface area (TPSA) is 21.3 Å². The van der Waals surface area contributed by atoms with Gasteiger partial charge in [-0.25, -0.2) is 0 Å². The molecule has 0 aliphatic heterocycles. The molecule has 20 heavy (non-hydrogen) atoms. The molecule has 2 rings (SSSR count). The van der Waals surface area contributed by atoms with Crippen LogP contribution in [0.15, 0.2) is 30.3 Å².